The van der Waals surface area contributed by atoms with Crippen LogP contribution in [0.5, 0.6) is 0 Å². The molecule has 1 aromatic heterocycles. The van der Waals surface area contributed by atoms with Crippen LogP contribution in [0.4, 0.5) is 5.69 Å². The van der Waals surface area contributed by atoms with E-state index in [-0.39, 0.29) is 17.9 Å². The topological polar surface area (TPSA) is 47.9 Å². The van der Waals surface area contributed by atoms with Gasteiger partial charge in [0.15, 0.2) is 0 Å². The predicted molar refractivity (Wildman–Crippen MR) is 124 cm³/mol. The molecule has 3 heterocycles. The highest BCUT2D eigenvalue weighted by Crippen LogP contribution is 2.44. The number of rotatable bonds is 4. The van der Waals surface area contributed by atoms with Gasteiger partial charge in [-0.15, -0.1) is 11.3 Å². The van der Waals surface area contributed by atoms with E-state index in [0.29, 0.717) is 15.8 Å². The second kappa shape index (κ2) is 8.94. The molecule has 0 aliphatic carbocycles. The number of hydrazone groups is 1. The van der Waals surface area contributed by atoms with E-state index in [4.69, 9.17) is 28.3 Å². The molecule has 154 valence electrons. The Balaban J connectivity index is 1.67. The van der Waals surface area contributed by atoms with Gasteiger partial charge in [-0.25, -0.2) is 5.01 Å². The Labute approximate surface area is 192 Å². The van der Waals surface area contributed by atoms with Crippen LogP contribution in [0.15, 0.2) is 39.2 Å². The summed E-state index contributed by atoms with van der Waals surface area (Å²) >= 11 is 17.8. The van der Waals surface area contributed by atoms with E-state index in [1.807, 2.05) is 29.1 Å². The number of nitrogens with zero attached hydrogens (tertiary/aromatic N) is 3. The lowest BCUT2D eigenvalue weighted by atomic mass is 9.95. The number of carbonyl (C=O) groups excluding carboxylic acids is 1. The average molecular weight is 516 g/mol. The molecule has 4 rings (SSSR count). The Morgan fingerprint density at radius 3 is 2.62 bits per heavy atom. The number of halogens is 3. The highest BCUT2D eigenvalue weighted by molar-refractivity contribution is 9.11. The van der Waals surface area contributed by atoms with Crippen LogP contribution < -0.4 is 10.4 Å². The van der Waals surface area contributed by atoms with Gasteiger partial charge in [-0.3, -0.25) is 15.2 Å². The van der Waals surface area contributed by atoms with Crippen molar-refractivity contribution < 1.29 is 4.79 Å². The van der Waals surface area contributed by atoms with Gasteiger partial charge in [0.05, 0.1) is 20.5 Å². The first-order valence-corrected chi connectivity index (χ1v) is 11.9. The van der Waals surface area contributed by atoms with E-state index in [1.54, 1.807) is 23.5 Å². The summed E-state index contributed by atoms with van der Waals surface area (Å²) in [4.78, 5) is 14.2. The minimum atomic E-state index is -0.146. The van der Waals surface area contributed by atoms with Crippen molar-refractivity contribution in [1.29, 1.82) is 0 Å². The Hall–Kier alpha value is -1.12. The number of piperidine rings is 1. The van der Waals surface area contributed by atoms with Crippen molar-refractivity contribution in [3.63, 3.8) is 0 Å². The molecule has 0 unspecified atom stereocenters. The first-order chi connectivity index (χ1) is 13.9. The molecule has 9 heteroatoms. The zero-order valence-corrected chi connectivity index (χ0v) is 19.8. The minimum Gasteiger partial charge on any atom is -0.284 e. The lowest BCUT2D eigenvalue weighted by Gasteiger charge is -2.27. The molecule has 1 fully saturated rings. The summed E-state index contributed by atoms with van der Waals surface area (Å²) in [6.07, 6.45) is 3.41. The molecule has 1 saturated heterocycles. The number of hydrogen-bond donors (Lipinski definition) is 1. The molecule has 0 spiro atoms. The molecule has 0 radical (unpaired) electrons. The van der Waals surface area contributed by atoms with Gasteiger partial charge in [0.25, 0.3) is 5.91 Å². The summed E-state index contributed by atoms with van der Waals surface area (Å²) in [5.41, 5.74) is 4.29. The molecule has 2 aliphatic rings. The summed E-state index contributed by atoms with van der Waals surface area (Å²) in [7, 11) is 0. The number of nitrogens with one attached hydrogen (secondary N) is 1. The standard InChI is InChI=1S/C20H21BrCl2N4OS/c1-12-18(20(28)25-26-9-3-2-4-10-26)24-27(15-6-5-13(22)11-14(15)23)19(12)16-7-8-17(21)29-16/h5-8,11-12,19H,2-4,9-10H2,1H3,(H,25,28)/t12-,19+/m1/s1. The van der Waals surface area contributed by atoms with Gasteiger partial charge in [0.2, 0.25) is 0 Å². The highest BCUT2D eigenvalue weighted by atomic mass is 79.9. The zero-order valence-electron chi connectivity index (χ0n) is 15.9. The number of carbonyl (C=O) groups is 1. The van der Waals surface area contributed by atoms with Crippen LogP contribution in [0.25, 0.3) is 0 Å². The molecule has 2 aliphatic heterocycles. The lowest BCUT2D eigenvalue weighted by molar-refractivity contribution is -0.120. The minimum absolute atomic E-state index is 0.0999. The molecule has 0 saturated carbocycles. The number of thiophene rings is 1. The van der Waals surface area contributed by atoms with Gasteiger partial charge in [-0.05, 0) is 59.1 Å². The normalized spacial score (nSPS) is 22.6. The fourth-order valence-corrected chi connectivity index (χ4v) is 5.92. The van der Waals surface area contributed by atoms with Crippen LogP contribution in [0, 0.1) is 5.92 Å². The van der Waals surface area contributed by atoms with Crippen molar-refractivity contribution in [3.8, 4) is 0 Å². The largest absolute Gasteiger partial charge is 0.284 e. The molecule has 1 N–H and O–H groups in total. The van der Waals surface area contributed by atoms with Crippen LogP contribution in [-0.4, -0.2) is 29.7 Å². The highest BCUT2D eigenvalue weighted by Gasteiger charge is 2.41. The molecule has 29 heavy (non-hydrogen) atoms. The van der Waals surface area contributed by atoms with E-state index >= 15 is 0 Å². The number of amides is 1. The number of hydrazine groups is 1. The number of hydrogen-bond acceptors (Lipinski definition) is 5. The Bertz CT molecular complexity index is 944. The summed E-state index contributed by atoms with van der Waals surface area (Å²) in [5, 5.41) is 9.66. The summed E-state index contributed by atoms with van der Waals surface area (Å²) < 4.78 is 1.04. The van der Waals surface area contributed by atoms with E-state index in [0.717, 1.165) is 40.3 Å². The molecular weight excluding hydrogens is 495 g/mol. The Morgan fingerprint density at radius 1 is 1.21 bits per heavy atom. The third-order valence-electron chi connectivity index (χ3n) is 5.27. The molecule has 1 aromatic carbocycles. The van der Waals surface area contributed by atoms with Crippen LogP contribution in [0.1, 0.15) is 37.1 Å². The lowest BCUT2D eigenvalue weighted by Crippen LogP contribution is -2.48. The molecule has 1 amide bonds. The van der Waals surface area contributed by atoms with Crippen molar-refractivity contribution in [2.24, 2.45) is 11.0 Å². The van der Waals surface area contributed by atoms with Crippen molar-refractivity contribution in [2.75, 3.05) is 18.1 Å². The van der Waals surface area contributed by atoms with Gasteiger partial charge in [-0.2, -0.15) is 5.10 Å². The van der Waals surface area contributed by atoms with Gasteiger partial charge < -0.3 is 0 Å². The fraction of sp³-hybridized carbons (Fsp3) is 0.400. The van der Waals surface area contributed by atoms with E-state index in [9.17, 15) is 4.79 Å². The van der Waals surface area contributed by atoms with Crippen molar-refractivity contribution in [2.45, 2.75) is 32.2 Å². The maximum atomic E-state index is 13.1. The third-order valence-corrected chi connectivity index (χ3v) is 7.51. The first kappa shape index (κ1) is 21.1. The van der Waals surface area contributed by atoms with E-state index < -0.39 is 0 Å². The third kappa shape index (κ3) is 4.49. The van der Waals surface area contributed by atoms with Gasteiger partial charge in [-0.1, -0.05) is 36.5 Å². The molecular formula is C20H21BrCl2N4OS. The quantitative estimate of drug-likeness (QED) is 0.552. The predicted octanol–water partition coefficient (Wildman–Crippen LogP) is 5.89. The average Bonchev–Trinajstić information content (AvgIpc) is 3.25. The summed E-state index contributed by atoms with van der Waals surface area (Å²) in [6.45, 7) is 3.79. The van der Waals surface area contributed by atoms with E-state index in [1.165, 1.54) is 6.42 Å². The Morgan fingerprint density at radius 2 is 1.97 bits per heavy atom. The number of benzene rings is 1. The second-order valence-electron chi connectivity index (χ2n) is 7.29. The fourth-order valence-electron chi connectivity index (χ4n) is 3.81. The molecule has 5 nitrogen and oxygen atoms in total. The Kier molecular flexibility index (Phi) is 6.51. The molecule has 2 atom stereocenters. The van der Waals surface area contributed by atoms with E-state index in [2.05, 4.69) is 27.4 Å². The molecule has 2 aromatic rings. The van der Waals surface area contributed by atoms with Crippen LogP contribution in [0.3, 0.4) is 0 Å². The van der Waals surface area contributed by atoms with Gasteiger partial charge in [0.1, 0.15) is 5.71 Å². The number of anilines is 1. The maximum Gasteiger partial charge on any atom is 0.282 e. The van der Waals surface area contributed by atoms with Gasteiger partial charge in [0, 0.05) is 28.9 Å². The zero-order chi connectivity index (χ0) is 20.5. The van der Waals surface area contributed by atoms with Crippen molar-refractivity contribution in [3.05, 3.63) is 49.0 Å². The monoisotopic (exact) mass is 514 g/mol. The van der Waals surface area contributed by atoms with Gasteiger partial charge >= 0.3 is 0 Å². The second-order valence-corrected chi connectivity index (χ2v) is 10.6. The summed E-state index contributed by atoms with van der Waals surface area (Å²) in [6, 6.07) is 9.30. The molecule has 0 bridgehead atoms. The first-order valence-electron chi connectivity index (χ1n) is 9.58. The smallest absolute Gasteiger partial charge is 0.282 e. The summed E-state index contributed by atoms with van der Waals surface area (Å²) in [5.74, 6) is -0.246. The maximum absolute atomic E-state index is 13.1. The van der Waals surface area contributed by atoms with Crippen molar-refractivity contribution in [1.82, 2.24) is 10.4 Å². The van der Waals surface area contributed by atoms with Crippen LogP contribution in [0.2, 0.25) is 10.0 Å². The van der Waals surface area contributed by atoms with Crippen LogP contribution in [-0.2, 0) is 4.79 Å². The van der Waals surface area contributed by atoms with Crippen molar-refractivity contribution >= 4 is 67.8 Å². The van der Waals surface area contributed by atoms with Crippen LogP contribution >= 0.6 is 50.5 Å². The SMILES string of the molecule is C[C@@H]1C(C(=O)NN2CCCCC2)=NN(c2ccc(Cl)cc2Cl)[C@@H]1c1ccc(Br)s1.